The maximum atomic E-state index is 13.1. The van der Waals surface area contributed by atoms with Crippen LogP contribution in [0.4, 0.5) is 0 Å². The number of nitrogens with one attached hydrogen (secondary N) is 2. The fourth-order valence-electron chi connectivity index (χ4n) is 3.44. The maximum Gasteiger partial charge on any atom is 0.344 e. The normalized spacial score (nSPS) is 12.3. The molecule has 0 aliphatic heterocycles. The first-order valence-electron chi connectivity index (χ1n) is 12.4. The van der Waals surface area contributed by atoms with Crippen molar-refractivity contribution >= 4 is 47.2 Å². The van der Waals surface area contributed by atoms with Crippen molar-refractivity contribution in [3.63, 3.8) is 0 Å². The van der Waals surface area contributed by atoms with Gasteiger partial charge in [0, 0.05) is 11.4 Å². The Bertz CT molecular complexity index is 1340. The van der Waals surface area contributed by atoms with Crippen LogP contribution >= 0.6 is 23.2 Å². The molecule has 3 aromatic carbocycles. The number of nitrogens with zero attached hydrogens (tertiary/aromatic N) is 1. The molecule has 3 aromatic rings. The Balaban J connectivity index is 1.64. The molecule has 11 heteroatoms. The molecule has 40 heavy (non-hydrogen) atoms. The van der Waals surface area contributed by atoms with Crippen LogP contribution in [-0.2, 0) is 25.5 Å². The monoisotopic (exact) mass is 585 g/mol. The van der Waals surface area contributed by atoms with Crippen LogP contribution in [0.3, 0.4) is 0 Å². The van der Waals surface area contributed by atoms with Crippen molar-refractivity contribution < 1.29 is 28.6 Å². The first-order chi connectivity index (χ1) is 19.2. The van der Waals surface area contributed by atoms with E-state index in [2.05, 4.69) is 15.8 Å². The molecule has 2 N–H and O–H groups in total. The number of carbonyl (C=O) groups excluding carboxylic acids is 3. The standard InChI is InChI=1S/C29H29Cl2N3O6/c1-3-38-27(35)18-39-23-11-7-10-21(14-23)17-32-34-29(37)25(15-20-8-5-4-6-9-20)33-28(36)19(2)40-26-13-12-22(30)16-24(26)31/h4-14,16-17,19,25H,3,15,18H2,1-2H3,(H,33,36)(H,34,37)/b32-17-/t19-,25-/m1/s1. The van der Waals surface area contributed by atoms with Crippen molar-refractivity contribution in [2.24, 2.45) is 5.10 Å². The molecule has 0 bridgehead atoms. The average molecular weight is 586 g/mol. The number of benzene rings is 3. The third kappa shape index (κ3) is 9.91. The number of ether oxygens (including phenoxy) is 3. The summed E-state index contributed by atoms with van der Waals surface area (Å²) < 4.78 is 15.9. The first kappa shape index (κ1) is 30.5. The number of carbonyl (C=O) groups is 3. The molecule has 0 unspecified atom stereocenters. The van der Waals surface area contributed by atoms with Crippen molar-refractivity contribution in [1.82, 2.24) is 10.7 Å². The Labute approximate surface area is 242 Å². The van der Waals surface area contributed by atoms with Crippen LogP contribution in [0.25, 0.3) is 0 Å². The quantitative estimate of drug-likeness (QED) is 0.172. The molecule has 2 amide bonds. The van der Waals surface area contributed by atoms with Gasteiger partial charge in [-0.05, 0) is 55.3 Å². The van der Waals surface area contributed by atoms with Crippen molar-refractivity contribution in [3.8, 4) is 11.5 Å². The number of halogens is 2. The molecule has 0 aromatic heterocycles. The van der Waals surface area contributed by atoms with Crippen LogP contribution in [0.5, 0.6) is 11.5 Å². The Morgan fingerprint density at radius 1 is 0.975 bits per heavy atom. The van der Waals surface area contributed by atoms with Crippen LogP contribution in [0.2, 0.25) is 10.0 Å². The number of rotatable bonds is 13. The van der Waals surface area contributed by atoms with Crippen molar-refractivity contribution in [1.29, 1.82) is 0 Å². The third-order valence-corrected chi connectivity index (χ3v) is 5.92. The van der Waals surface area contributed by atoms with E-state index in [1.165, 1.54) is 12.3 Å². The van der Waals surface area contributed by atoms with Gasteiger partial charge >= 0.3 is 5.97 Å². The second-order valence-electron chi connectivity index (χ2n) is 8.49. The number of esters is 1. The minimum atomic E-state index is -0.953. The lowest BCUT2D eigenvalue weighted by Gasteiger charge is -2.21. The van der Waals surface area contributed by atoms with Gasteiger partial charge in [0.05, 0.1) is 17.8 Å². The van der Waals surface area contributed by atoms with Crippen LogP contribution in [0, 0.1) is 0 Å². The Morgan fingerprint density at radius 2 is 1.75 bits per heavy atom. The molecule has 0 fully saturated rings. The molecular weight excluding hydrogens is 557 g/mol. The molecule has 0 radical (unpaired) electrons. The number of hydrogen-bond acceptors (Lipinski definition) is 7. The van der Waals surface area contributed by atoms with Gasteiger partial charge in [-0.1, -0.05) is 65.7 Å². The van der Waals surface area contributed by atoms with Crippen LogP contribution in [0.15, 0.2) is 77.9 Å². The van der Waals surface area contributed by atoms with E-state index < -0.39 is 29.9 Å². The summed E-state index contributed by atoms with van der Waals surface area (Å²) >= 11 is 12.1. The van der Waals surface area contributed by atoms with Crippen molar-refractivity contribution in [2.75, 3.05) is 13.2 Å². The van der Waals surface area contributed by atoms with E-state index in [1.807, 2.05) is 30.3 Å². The Hall–Kier alpha value is -4.08. The topological polar surface area (TPSA) is 115 Å². The van der Waals surface area contributed by atoms with E-state index in [-0.39, 0.29) is 30.4 Å². The fraction of sp³-hybridized carbons (Fsp3) is 0.241. The maximum absolute atomic E-state index is 13.1. The fourth-order valence-corrected chi connectivity index (χ4v) is 3.89. The van der Waals surface area contributed by atoms with E-state index in [0.717, 1.165) is 5.56 Å². The minimum Gasteiger partial charge on any atom is -0.482 e. The zero-order valence-electron chi connectivity index (χ0n) is 21.9. The first-order valence-corrected chi connectivity index (χ1v) is 13.2. The van der Waals surface area contributed by atoms with Gasteiger partial charge in [0.25, 0.3) is 11.8 Å². The largest absolute Gasteiger partial charge is 0.482 e. The van der Waals surface area contributed by atoms with Gasteiger partial charge in [0.2, 0.25) is 0 Å². The highest BCUT2D eigenvalue weighted by atomic mass is 35.5. The summed E-state index contributed by atoms with van der Waals surface area (Å²) in [6.45, 7) is 3.30. The van der Waals surface area contributed by atoms with E-state index in [1.54, 1.807) is 50.2 Å². The summed E-state index contributed by atoms with van der Waals surface area (Å²) in [4.78, 5) is 37.5. The number of hydrazone groups is 1. The lowest BCUT2D eigenvalue weighted by Crippen LogP contribution is -2.50. The molecule has 0 aliphatic carbocycles. The molecule has 0 aliphatic rings. The van der Waals surface area contributed by atoms with Gasteiger partial charge in [-0.15, -0.1) is 0 Å². The van der Waals surface area contributed by atoms with Gasteiger partial charge in [-0.25, -0.2) is 10.2 Å². The SMILES string of the molecule is CCOC(=O)COc1cccc(/C=N\NC(=O)[C@@H](Cc2ccccc2)NC(=O)[C@@H](C)Oc2ccc(Cl)cc2Cl)c1. The molecule has 0 saturated carbocycles. The summed E-state index contributed by atoms with van der Waals surface area (Å²) in [5.74, 6) is -0.795. The summed E-state index contributed by atoms with van der Waals surface area (Å²) in [7, 11) is 0. The summed E-state index contributed by atoms with van der Waals surface area (Å²) in [6.07, 6.45) is 0.690. The zero-order chi connectivity index (χ0) is 28.9. The highest BCUT2D eigenvalue weighted by Gasteiger charge is 2.25. The second-order valence-corrected chi connectivity index (χ2v) is 9.33. The third-order valence-electron chi connectivity index (χ3n) is 5.39. The molecule has 9 nitrogen and oxygen atoms in total. The summed E-state index contributed by atoms with van der Waals surface area (Å²) in [5.41, 5.74) is 3.93. The van der Waals surface area contributed by atoms with Gasteiger partial charge in [-0.3, -0.25) is 9.59 Å². The lowest BCUT2D eigenvalue weighted by molar-refractivity contribution is -0.145. The van der Waals surface area contributed by atoms with E-state index >= 15 is 0 Å². The lowest BCUT2D eigenvalue weighted by atomic mass is 10.1. The van der Waals surface area contributed by atoms with E-state index in [9.17, 15) is 14.4 Å². The Morgan fingerprint density at radius 3 is 2.48 bits per heavy atom. The smallest absolute Gasteiger partial charge is 0.344 e. The Kier molecular flexibility index (Phi) is 11.8. The van der Waals surface area contributed by atoms with Crippen LogP contribution in [-0.4, -0.2) is 49.4 Å². The predicted molar refractivity (Wildman–Crippen MR) is 153 cm³/mol. The molecule has 3 rings (SSSR count). The molecule has 0 saturated heterocycles. The average Bonchev–Trinajstić information content (AvgIpc) is 2.94. The van der Waals surface area contributed by atoms with E-state index in [4.69, 9.17) is 37.4 Å². The minimum absolute atomic E-state index is 0.222. The molecule has 2 atom stereocenters. The molecule has 210 valence electrons. The zero-order valence-corrected chi connectivity index (χ0v) is 23.4. The van der Waals surface area contributed by atoms with Gasteiger partial charge < -0.3 is 19.5 Å². The summed E-state index contributed by atoms with van der Waals surface area (Å²) in [5, 5.41) is 7.45. The molecule has 0 heterocycles. The highest BCUT2D eigenvalue weighted by molar-refractivity contribution is 6.35. The predicted octanol–water partition coefficient (Wildman–Crippen LogP) is 4.58. The number of hydrogen-bond donors (Lipinski definition) is 2. The highest BCUT2D eigenvalue weighted by Crippen LogP contribution is 2.28. The van der Waals surface area contributed by atoms with Crippen molar-refractivity contribution in [3.05, 3.63) is 94.0 Å². The van der Waals surface area contributed by atoms with E-state index in [0.29, 0.717) is 16.3 Å². The van der Waals surface area contributed by atoms with Gasteiger partial charge in [0.1, 0.15) is 17.5 Å². The van der Waals surface area contributed by atoms with Crippen molar-refractivity contribution in [2.45, 2.75) is 32.4 Å². The molecule has 0 spiro atoms. The van der Waals surface area contributed by atoms with Crippen LogP contribution in [0.1, 0.15) is 25.0 Å². The summed E-state index contributed by atoms with van der Waals surface area (Å²) in [6, 6.07) is 19.8. The van der Waals surface area contributed by atoms with Gasteiger partial charge in [0.15, 0.2) is 12.7 Å². The van der Waals surface area contributed by atoms with Crippen LogP contribution < -0.4 is 20.2 Å². The number of amides is 2. The second kappa shape index (κ2) is 15.5. The molecular formula is C29H29Cl2N3O6. The van der Waals surface area contributed by atoms with Gasteiger partial charge in [-0.2, -0.15) is 5.10 Å².